The van der Waals surface area contributed by atoms with Crippen LogP contribution < -0.4 is 26.2 Å². The number of rotatable bonds is 5. The SMILES string of the molecule is c1ccc(-c2c(N3c4ccccc4B4c5ccc(-n6c7ccccc7c7ccccc76)cc5N(c5ccc6c(c5-c5ccccc5)CCCC6)c5cccc3c54)ccc3c2CCCC3)cc1. The van der Waals surface area contributed by atoms with Gasteiger partial charge in [0.25, 0.3) is 6.71 Å². The summed E-state index contributed by atoms with van der Waals surface area (Å²) in [6.07, 6.45) is 9.40. The van der Waals surface area contributed by atoms with Gasteiger partial charge in [-0.2, -0.15) is 0 Å². The van der Waals surface area contributed by atoms with Gasteiger partial charge < -0.3 is 14.4 Å². The molecule has 0 N–H and O–H groups in total. The summed E-state index contributed by atoms with van der Waals surface area (Å²) in [6.45, 7) is 0.0257. The van der Waals surface area contributed by atoms with E-state index in [0.717, 1.165) is 25.7 Å². The van der Waals surface area contributed by atoms with Crippen LogP contribution in [0.15, 0.2) is 194 Å². The minimum atomic E-state index is 0.0257. The quantitative estimate of drug-likeness (QED) is 0.160. The Kier molecular flexibility index (Phi) is 8.59. The zero-order valence-corrected chi connectivity index (χ0v) is 37.1. The van der Waals surface area contributed by atoms with Gasteiger partial charge in [-0.3, -0.25) is 0 Å². The van der Waals surface area contributed by atoms with E-state index in [4.69, 9.17) is 0 Å². The molecule has 314 valence electrons. The first-order valence-electron chi connectivity index (χ1n) is 24.1. The van der Waals surface area contributed by atoms with Crippen molar-refractivity contribution in [3.05, 3.63) is 216 Å². The largest absolute Gasteiger partial charge is 0.311 e. The Labute approximate surface area is 387 Å². The van der Waals surface area contributed by atoms with Crippen molar-refractivity contribution in [2.24, 2.45) is 0 Å². The highest BCUT2D eigenvalue weighted by atomic mass is 15.2. The molecule has 0 saturated heterocycles. The lowest BCUT2D eigenvalue weighted by molar-refractivity contribution is 0.687. The Hall–Kier alpha value is -7.56. The predicted molar refractivity (Wildman–Crippen MR) is 279 cm³/mol. The summed E-state index contributed by atoms with van der Waals surface area (Å²) in [6, 6.07) is 73.8. The highest BCUT2D eigenvalue weighted by molar-refractivity contribution is 7.00. The first-order chi connectivity index (χ1) is 32.8. The molecule has 4 aliphatic rings. The maximum Gasteiger partial charge on any atom is 0.252 e. The summed E-state index contributed by atoms with van der Waals surface area (Å²) in [4.78, 5) is 5.29. The summed E-state index contributed by atoms with van der Waals surface area (Å²) < 4.78 is 2.48. The Morgan fingerprint density at radius 3 is 1.44 bits per heavy atom. The molecule has 4 heteroatoms. The Balaban J connectivity index is 1.08. The lowest BCUT2D eigenvalue weighted by Gasteiger charge is -2.45. The van der Waals surface area contributed by atoms with E-state index in [9.17, 15) is 0 Å². The Morgan fingerprint density at radius 1 is 0.348 bits per heavy atom. The van der Waals surface area contributed by atoms with Gasteiger partial charge in [-0.15, -0.1) is 0 Å². The molecule has 0 atom stereocenters. The van der Waals surface area contributed by atoms with Gasteiger partial charge in [0.2, 0.25) is 0 Å². The molecule has 2 aliphatic heterocycles. The molecule has 3 nitrogen and oxygen atoms in total. The molecule has 14 rings (SSSR count). The van der Waals surface area contributed by atoms with Crippen LogP contribution in [0, 0.1) is 0 Å². The molecule has 66 heavy (non-hydrogen) atoms. The minimum Gasteiger partial charge on any atom is -0.311 e. The van der Waals surface area contributed by atoms with Crippen molar-refractivity contribution in [3.63, 3.8) is 0 Å². The maximum absolute atomic E-state index is 2.66. The average Bonchev–Trinajstić information content (AvgIpc) is 3.73. The molecule has 2 aliphatic carbocycles. The van der Waals surface area contributed by atoms with Crippen LogP contribution in [-0.2, 0) is 25.7 Å². The van der Waals surface area contributed by atoms with Gasteiger partial charge in [0.05, 0.1) is 22.4 Å². The van der Waals surface area contributed by atoms with Crippen molar-refractivity contribution in [3.8, 4) is 27.9 Å². The van der Waals surface area contributed by atoms with E-state index in [0.29, 0.717) is 0 Å². The van der Waals surface area contributed by atoms with Crippen molar-refractivity contribution in [2.45, 2.75) is 51.4 Å². The fourth-order valence-electron chi connectivity index (χ4n) is 12.6. The molecule has 9 aromatic carbocycles. The first kappa shape index (κ1) is 37.8. The van der Waals surface area contributed by atoms with Gasteiger partial charge >= 0.3 is 0 Å². The molecule has 1 aromatic heterocycles. The number of hydrogen-bond donors (Lipinski definition) is 0. The lowest BCUT2D eigenvalue weighted by atomic mass is 9.33. The van der Waals surface area contributed by atoms with Crippen molar-refractivity contribution < 1.29 is 0 Å². The third-order valence-electron chi connectivity index (χ3n) is 15.4. The summed E-state index contributed by atoms with van der Waals surface area (Å²) in [5.74, 6) is 0. The normalized spacial score (nSPS) is 14.7. The topological polar surface area (TPSA) is 11.4 Å². The lowest BCUT2D eigenvalue weighted by Crippen LogP contribution is -2.61. The molecule has 0 bridgehead atoms. The summed E-state index contributed by atoms with van der Waals surface area (Å²) >= 11 is 0. The number of anilines is 6. The van der Waals surface area contributed by atoms with E-state index < -0.39 is 0 Å². The predicted octanol–water partition coefficient (Wildman–Crippen LogP) is 14.0. The second-order valence-electron chi connectivity index (χ2n) is 18.8. The fourth-order valence-corrected chi connectivity index (χ4v) is 12.6. The molecular weight excluding hydrogens is 798 g/mol. The van der Waals surface area contributed by atoms with Crippen LogP contribution in [0.2, 0.25) is 0 Å². The highest BCUT2D eigenvalue weighted by Gasteiger charge is 2.44. The average molecular weight is 846 g/mol. The zero-order chi connectivity index (χ0) is 43.3. The van der Waals surface area contributed by atoms with E-state index in [1.165, 1.54) is 148 Å². The monoisotopic (exact) mass is 845 g/mol. The van der Waals surface area contributed by atoms with Gasteiger partial charge in [-0.1, -0.05) is 140 Å². The maximum atomic E-state index is 2.66. The van der Waals surface area contributed by atoms with Gasteiger partial charge in [-0.25, -0.2) is 0 Å². The van der Waals surface area contributed by atoms with E-state index in [1.807, 2.05) is 0 Å². The smallest absolute Gasteiger partial charge is 0.252 e. The Bertz CT molecular complexity index is 3520. The minimum absolute atomic E-state index is 0.0257. The van der Waals surface area contributed by atoms with Gasteiger partial charge in [-0.05, 0) is 156 Å². The Morgan fingerprint density at radius 2 is 0.833 bits per heavy atom. The summed E-state index contributed by atoms with van der Waals surface area (Å²) in [7, 11) is 0. The molecule has 0 saturated carbocycles. The number of hydrogen-bond acceptors (Lipinski definition) is 2. The van der Waals surface area contributed by atoms with Crippen LogP contribution in [0.4, 0.5) is 34.1 Å². The first-order valence-corrected chi connectivity index (χ1v) is 24.1. The van der Waals surface area contributed by atoms with E-state index in [2.05, 4.69) is 208 Å². The molecule has 0 unspecified atom stereocenters. The van der Waals surface area contributed by atoms with E-state index in [-0.39, 0.29) is 6.71 Å². The van der Waals surface area contributed by atoms with E-state index >= 15 is 0 Å². The number of para-hydroxylation sites is 3. The van der Waals surface area contributed by atoms with Gasteiger partial charge in [0.1, 0.15) is 0 Å². The third kappa shape index (κ3) is 5.57. The van der Waals surface area contributed by atoms with Crippen LogP contribution >= 0.6 is 0 Å². The fraction of sp³-hybridized carbons (Fsp3) is 0.129. The summed E-state index contributed by atoms with van der Waals surface area (Å²) in [5.41, 5.74) is 26.5. The standard InChI is InChI=1S/C62H48BN3/c1-3-20-43(21-4-1)60-46-24-9-7-18-41(46)34-38-55(60)65-54-31-16-13-28-50(54)63-51-37-36-45(64-52-29-14-11-26-48(52)49-27-12-15-30-53(49)64)40-59(51)66(58-33-17-32-57(65)62(58)63)56-39-35-42-19-8-10-25-47(42)61(56)44-22-5-2-6-23-44/h1-6,11-17,20-23,26-40H,7-10,18-19,24-25H2. The van der Waals surface area contributed by atoms with Crippen LogP contribution in [0.5, 0.6) is 0 Å². The number of aryl methyl sites for hydroxylation is 2. The summed E-state index contributed by atoms with van der Waals surface area (Å²) in [5, 5.41) is 2.55. The van der Waals surface area contributed by atoms with Gasteiger partial charge in [0, 0.05) is 50.3 Å². The van der Waals surface area contributed by atoms with Crippen LogP contribution in [0.25, 0.3) is 49.7 Å². The molecular formula is C62H48BN3. The van der Waals surface area contributed by atoms with Gasteiger partial charge in [0.15, 0.2) is 0 Å². The van der Waals surface area contributed by atoms with Crippen molar-refractivity contribution in [1.82, 2.24) is 4.57 Å². The third-order valence-corrected chi connectivity index (χ3v) is 15.4. The molecule has 0 amide bonds. The number of benzene rings is 9. The van der Waals surface area contributed by atoms with Crippen molar-refractivity contribution >= 4 is 79.0 Å². The molecule has 0 spiro atoms. The second-order valence-corrected chi connectivity index (χ2v) is 18.8. The van der Waals surface area contributed by atoms with Crippen molar-refractivity contribution in [2.75, 3.05) is 9.80 Å². The van der Waals surface area contributed by atoms with Crippen LogP contribution in [0.1, 0.15) is 47.9 Å². The van der Waals surface area contributed by atoms with E-state index in [1.54, 1.807) is 0 Å². The number of aromatic nitrogens is 1. The molecule has 10 aromatic rings. The van der Waals surface area contributed by atoms with Crippen molar-refractivity contribution in [1.29, 1.82) is 0 Å². The van der Waals surface area contributed by atoms with Crippen LogP contribution in [0.3, 0.4) is 0 Å². The molecule has 3 heterocycles. The number of nitrogens with zero attached hydrogens (tertiary/aromatic N) is 3. The van der Waals surface area contributed by atoms with Crippen LogP contribution in [-0.4, -0.2) is 11.3 Å². The second kappa shape index (κ2) is 15.0. The molecule has 0 fully saturated rings. The molecule has 0 radical (unpaired) electrons. The zero-order valence-electron chi connectivity index (χ0n) is 37.1. The number of fused-ring (bicyclic) bond motifs is 9. The highest BCUT2D eigenvalue weighted by Crippen LogP contribution is 2.51.